The van der Waals surface area contributed by atoms with Crippen molar-refractivity contribution in [3.63, 3.8) is 0 Å². The van der Waals surface area contributed by atoms with Gasteiger partial charge in [0.25, 0.3) is 0 Å². The lowest BCUT2D eigenvalue weighted by molar-refractivity contribution is 0.222. The number of benzene rings is 1. The molecule has 1 aliphatic heterocycles. The molecule has 104 valence electrons. The molecule has 1 aromatic heterocycles. The largest absolute Gasteiger partial charge is 0.496 e. The van der Waals surface area contributed by atoms with Crippen molar-refractivity contribution in [1.82, 2.24) is 10.3 Å². The van der Waals surface area contributed by atoms with Gasteiger partial charge in [-0.25, -0.2) is 0 Å². The van der Waals surface area contributed by atoms with Gasteiger partial charge in [0.2, 0.25) is 0 Å². The van der Waals surface area contributed by atoms with Crippen LogP contribution in [-0.2, 0) is 0 Å². The molecule has 1 fully saturated rings. The average Bonchev–Trinajstić information content (AvgIpc) is 3.01. The van der Waals surface area contributed by atoms with Crippen LogP contribution in [0.1, 0.15) is 6.42 Å². The Morgan fingerprint density at radius 3 is 2.90 bits per heavy atom. The number of pyridine rings is 1. The van der Waals surface area contributed by atoms with E-state index in [2.05, 4.69) is 10.3 Å². The summed E-state index contributed by atoms with van der Waals surface area (Å²) >= 11 is 0. The van der Waals surface area contributed by atoms with Crippen molar-refractivity contribution in [1.29, 1.82) is 0 Å². The summed E-state index contributed by atoms with van der Waals surface area (Å²) in [5.74, 6) is 1.63. The van der Waals surface area contributed by atoms with Crippen LogP contribution in [0.5, 0.6) is 11.5 Å². The Morgan fingerprint density at radius 1 is 1.25 bits per heavy atom. The van der Waals surface area contributed by atoms with E-state index in [0.717, 1.165) is 42.3 Å². The highest BCUT2D eigenvalue weighted by Crippen LogP contribution is 2.32. The van der Waals surface area contributed by atoms with Crippen molar-refractivity contribution in [3.05, 3.63) is 42.6 Å². The Hall–Kier alpha value is -2.07. The number of rotatable bonds is 4. The van der Waals surface area contributed by atoms with E-state index >= 15 is 0 Å². The second kappa shape index (κ2) is 5.92. The molecule has 2 heterocycles. The highest BCUT2D eigenvalue weighted by molar-refractivity contribution is 5.68. The molecule has 4 heteroatoms. The van der Waals surface area contributed by atoms with E-state index in [9.17, 15) is 0 Å². The van der Waals surface area contributed by atoms with Crippen LogP contribution in [0.2, 0.25) is 0 Å². The molecule has 0 amide bonds. The van der Waals surface area contributed by atoms with Crippen LogP contribution < -0.4 is 14.8 Å². The number of methoxy groups -OCH3 is 1. The Morgan fingerprint density at radius 2 is 2.20 bits per heavy atom. The fraction of sp³-hybridized carbons (Fsp3) is 0.312. The Bertz CT molecular complexity index is 566. The minimum absolute atomic E-state index is 0.250. The number of hydrogen-bond acceptors (Lipinski definition) is 4. The van der Waals surface area contributed by atoms with Gasteiger partial charge in [-0.1, -0.05) is 6.07 Å². The van der Waals surface area contributed by atoms with Crippen LogP contribution in [0, 0.1) is 0 Å². The Labute approximate surface area is 118 Å². The first-order chi connectivity index (χ1) is 9.86. The smallest absolute Gasteiger partial charge is 0.131 e. The van der Waals surface area contributed by atoms with Gasteiger partial charge in [-0.05, 0) is 37.2 Å². The monoisotopic (exact) mass is 270 g/mol. The van der Waals surface area contributed by atoms with Crippen LogP contribution in [0.4, 0.5) is 0 Å². The summed E-state index contributed by atoms with van der Waals surface area (Å²) in [6.45, 7) is 1.93. The number of ether oxygens (including phenoxy) is 2. The maximum absolute atomic E-state index is 5.95. The normalized spacial score (nSPS) is 17.9. The molecular formula is C16H18N2O2. The molecule has 1 saturated heterocycles. The van der Waals surface area contributed by atoms with Crippen molar-refractivity contribution in [2.75, 3.05) is 20.2 Å². The lowest BCUT2D eigenvalue weighted by Gasteiger charge is -2.15. The lowest BCUT2D eigenvalue weighted by atomic mass is 10.1. The zero-order valence-electron chi connectivity index (χ0n) is 11.5. The molecule has 1 aromatic carbocycles. The van der Waals surface area contributed by atoms with Crippen LogP contribution >= 0.6 is 0 Å². The van der Waals surface area contributed by atoms with Crippen molar-refractivity contribution in [2.24, 2.45) is 0 Å². The molecular weight excluding hydrogens is 252 g/mol. The highest BCUT2D eigenvalue weighted by atomic mass is 16.5. The Balaban J connectivity index is 1.86. The number of hydrogen-bond donors (Lipinski definition) is 1. The van der Waals surface area contributed by atoms with E-state index in [-0.39, 0.29) is 6.10 Å². The molecule has 1 unspecified atom stereocenters. The van der Waals surface area contributed by atoms with Gasteiger partial charge in [-0.2, -0.15) is 0 Å². The van der Waals surface area contributed by atoms with E-state index in [0.29, 0.717) is 0 Å². The zero-order chi connectivity index (χ0) is 13.8. The van der Waals surface area contributed by atoms with Crippen molar-refractivity contribution in [3.8, 4) is 22.8 Å². The first kappa shape index (κ1) is 12.9. The Kier molecular flexibility index (Phi) is 3.83. The molecule has 1 N–H and O–H groups in total. The second-order valence-electron chi connectivity index (χ2n) is 4.81. The summed E-state index contributed by atoms with van der Waals surface area (Å²) in [4.78, 5) is 4.36. The van der Waals surface area contributed by atoms with Gasteiger partial charge >= 0.3 is 0 Å². The average molecular weight is 270 g/mol. The number of nitrogens with one attached hydrogen (secondary N) is 1. The maximum atomic E-state index is 5.95. The minimum atomic E-state index is 0.250. The maximum Gasteiger partial charge on any atom is 0.131 e. The summed E-state index contributed by atoms with van der Waals surface area (Å²) in [5, 5.41) is 3.29. The van der Waals surface area contributed by atoms with E-state index in [1.165, 1.54) is 0 Å². The third-order valence-electron chi connectivity index (χ3n) is 3.43. The minimum Gasteiger partial charge on any atom is -0.496 e. The third-order valence-corrected chi connectivity index (χ3v) is 3.43. The molecule has 0 aliphatic carbocycles. The number of nitrogens with zero attached hydrogens (tertiary/aromatic N) is 1. The standard InChI is InChI=1S/C16H18N2O2/c1-19-16-10-12(20-13-7-9-17-11-13)5-6-14(16)15-4-2-3-8-18-15/h2-6,8,10,13,17H,7,9,11H2,1H3. The summed E-state index contributed by atoms with van der Waals surface area (Å²) in [7, 11) is 1.67. The van der Waals surface area contributed by atoms with Gasteiger partial charge in [0.1, 0.15) is 17.6 Å². The predicted octanol–water partition coefficient (Wildman–Crippen LogP) is 2.50. The van der Waals surface area contributed by atoms with Crippen LogP contribution in [-0.4, -0.2) is 31.3 Å². The van der Waals surface area contributed by atoms with Gasteiger partial charge in [0.05, 0.1) is 12.8 Å². The molecule has 0 radical (unpaired) electrons. The molecule has 1 aliphatic rings. The van der Waals surface area contributed by atoms with Crippen LogP contribution in [0.3, 0.4) is 0 Å². The predicted molar refractivity (Wildman–Crippen MR) is 78.1 cm³/mol. The fourth-order valence-electron chi connectivity index (χ4n) is 2.40. The van der Waals surface area contributed by atoms with Crippen LogP contribution in [0.25, 0.3) is 11.3 Å². The fourth-order valence-corrected chi connectivity index (χ4v) is 2.40. The van der Waals surface area contributed by atoms with Crippen molar-refractivity contribution >= 4 is 0 Å². The second-order valence-corrected chi connectivity index (χ2v) is 4.81. The van der Waals surface area contributed by atoms with Gasteiger partial charge in [0.15, 0.2) is 0 Å². The van der Waals surface area contributed by atoms with Gasteiger partial charge in [0, 0.05) is 24.4 Å². The summed E-state index contributed by atoms with van der Waals surface area (Å²) in [6.07, 6.45) is 3.08. The first-order valence-corrected chi connectivity index (χ1v) is 6.83. The van der Waals surface area contributed by atoms with E-state index in [1.54, 1.807) is 13.3 Å². The quantitative estimate of drug-likeness (QED) is 0.927. The molecule has 0 saturated carbocycles. The van der Waals surface area contributed by atoms with E-state index in [4.69, 9.17) is 9.47 Å². The van der Waals surface area contributed by atoms with Crippen LogP contribution in [0.15, 0.2) is 42.6 Å². The molecule has 3 rings (SSSR count). The zero-order valence-corrected chi connectivity index (χ0v) is 11.5. The number of aromatic nitrogens is 1. The summed E-state index contributed by atoms with van der Waals surface area (Å²) < 4.78 is 11.4. The molecule has 2 aromatic rings. The molecule has 1 atom stereocenters. The molecule has 0 spiro atoms. The summed E-state index contributed by atoms with van der Waals surface area (Å²) in [5.41, 5.74) is 1.88. The molecule has 4 nitrogen and oxygen atoms in total. The van der Waals surface area contributed by atoms with E-state index in [1.807, 2.05) is 36.4 Å². The van der Waals surface area contributed by atoms with E-state index < -0.39 is 0 Å². The lowest BCUT2D eigenvalue weighted by Crippen LogP contribution is -2.19. The van der Waals surface area contributed by atoms with Gasteiger partial charge in [-0.15, -0.1) is 0 Å². The first-order valence-electron chi connectivity index (χ1n) is 6.83. The summed E-state index contributed by atoms with van der Waals surface area (Å²) in [6, 6.07) is 11.8. The SMILES string of the molecule is COc1cc(OC2CCNC2)ccc1-c1ccccn1. The van der Waals surface area contributed by atoms with Gasteiger partial charge < -0.3 is 14.8 Å². The third kappa shape index (κ3) is 2.75. The highest BCUT2D eigenvalue weighted by Gasteiger charge is 2.17. The molecule has 0 bridgehead atoms. The topological polar surface area (TPSA) is 43.4 Å². The van der Waals surface area contributed by atoms with Crippen molar-refractivity contribution in [2.45, 2.75) is 12.5 Å². The van der Waals surface area contributed by atoms with Gasteiger partial charge in [-0.3, -0.25) is 4.98 Å². The molecule has 20 heavy (non-hydrogen) atoms. The van der Waals surface area contributed by atoms with Crippen molar-refractivity contribution < 1.29 is 9.47 Å².